The Morgan fingerprint density at radius 1 is 1.18 bits per heavy atom. The molecule has 4 rings (SSSR count). The minimum Gasteiger partial charge on any atom is -0.508 e. The molecule has 9 heteroatoms. The zero-order valence-corrected chi connectivity index (χ0v) is 18.6. The number of nitrogens with one attached hydrogen (secondary N) is 1. The summed E-state index contributed by atoms with van der Waals surface area (Å²) in [5.74, 6) is 0.665. The molecule has 0 bridgehead atoms. The standard InChI is InChI=1S/C24H27F3N4O2/c1-15-7-9-31(10-8-15)23-16(3-6-21(29-23)24(25,26)27)13-28-22(33)11-17-14-30(2)20-5-4-18(32)12-19(17)20/h3-6,12,14-15,32H,7-11,13H2,1-2H3,(H,28,33). The highest BCUT2D eigenvalue weighted by molar-refractivity contribution is 5.90. The van der Waals surface area contributed by atoms with Crippen molar-refractivity contribution in [3.05, 3.63) is 53.3 Å². The molecule has 2 aromatic heterocycles. The average molecular weight is 461 g/mol. The summed E-state index contributed by atoms with van der Waals surface area (Å²) in [4.78, 5) is 18.5. The van der Waals surface area contributed by atoms with Crippen LogP contribution in [0.2, 0.25) is 0 Å². The van der Waals surface area contributed by atoms with E-state index in [1.807, 2.05) is 22.7 Å². The lowest BCUT2D eigenvalue weighted by molar-refractivity contribution is -0.141. The first kappa shape index (κ1) is 22.9. The van der Waals surface area contributed by atoms with E-state index >= 15 is 0 Å². The van der Waals surface area contributed by atoms with Crippen molar-refractivity contribution >= 4 is 22.6 Å². The lowest BCUT2D eigenvalue weighted by atomic mass is 9.99. The Morgan fingerprint density at radius 3 is 2.61 bits per heavy atom. The van der Waals surface area contributed by atoms with E-state index in [1.54, 1.807) is 18.2 Å². The maximum Gasteiger partial charge on any atom is 0.433 e. The average Bonchev–Trinajstić information content (AvgIpc) is 3.06. The van der Waals surface area contributed by atoms with Gasteiger partial charge in [-0.15, -0.1) is 0 Å². The maximum atomic E-state index is 13.3. The van der Waals surface area contributed by atoms with Gasteiger partial charge < -0.3 is 19.9 Å². The van der Waals surface area contributed by atoms with Crippen molar-refractivity contribution in [2.24, 2.45) is 13.0 Å². The molecule has 0 aliphatic carbocycles. The molecular formula is C24H27F3N4O2. The first-order chi connectivity index (χ1) is 15.6. The predicted molar refractivity (Wildman–Crippen MR) is 120 cm³/mol. The number of amides is 1. The number of fused-ring (bicyclic) bond motifs is 1. The smallest absolute Gasteiger partial charge is 0.433 e. The van der Waals surface area contributed by atoms with Crippen molar-refractivity contribution in [3.63, 3.8) is 0 Å². The number of piperidine rings is 1. The summed E-state index contributed by atoms with van der Waals surface area (Å²) in [6.45, 7) is 3.48. The number of carbonyl (C=O) groups is 1. The van der Waals surface area contributed by atoms with Gasteiger partial charge in [0.2, 0.25) is 5.91 Å². The highest BCUT2D eigenvalue weighted by atomic mass is 19.4. The quantitative estimate of drug-likeness (QED) is 0.593. The molecule has 1 aromatic carbocycles. The molecule has 0 atom stereocenters. The zero-order valence-electron chi connectivity index (χ0n) is 18.6. The van der Waals surface area contributed by atoms with E-state index in [9.17, 15) is 23.1 Å². The molecule has 33 heavy (non-hydrogen) atoms. The second kappa shape index (κ2) is 8.96. The molecule has 2 N–H and O–H groups in total. The Bertz CT molecular complexity index is 1160. The van der Waals surface area contributed by atoms with Gasteiger partial charge in [0, 0.05) is 49.3 Å². The number of phenolic OH excluding ortho intramolecular Hbond substituents is 1. The van der Waals surface area contributed by atoms with E-state index in [-0.39, 0.29) is 30.4 Å². The van der Waals surface area contributed by atoms with E-state index in [4.69, 9.17) is 0 Å². The SMILES string of the molecule is CC1CCN(c2nc(C(F)(F)F)ccc2CNC(=O)Cc2cn(C)c3ccc(O)cc23)CC1. The summed E-state index contributed by atoms with van der Waals surface area (Å²) in [6, 6.07) is 7.36. The monoisotopic (exact) mass is 460 g/mol. The fourth-order valence-corrected chi connectivity index (χ4v) is 4.30. The van der Waals surface area contributed by atoms with Gasteiger partial charge in [-0.25, -0.2) is 4.98 Å². The zero-order chi connectivity index (χ0) is 23.8. The number of benzene rings is 1. The molecule has 1 amide bonds. The van der Waals surface area contributed by atoms with Gasteiger partial charge in [-0.05, 0) is 48.6 Å². The summed E-state index contributed by atoms with van der Waals surface area (Å²) in [6.07, 6.45) is -0.829. The minimum atomic E-state index is -4.53. The van der Waals surface area contributed by atoms with Gasteiger partial charge in [-0.2, -0.15) is 13.2 Å². The van der Waals surface area contributed by atoms with Crippen LogP contribution in [0.4, 0.5) is 19.0 Å². The third-order valence-electron chi connectivity index (χ3n) is 6.21. The number of aromatic hydroxyl groups is 1. The lowest BCUT2D eigenvalue weighted by Crippen LogP contribution is -2.35. The van der Waals surface area contributed by atoms with Crippen LogP contribution in [-0.2, 0) is 31.0 Å². The number of halogens is 3. The molecule has 3 heterocycles. The fraction of sp³-hybridized carbons (Fsp3) is 0.417. The van der Waals surface area contributed by atoms with Gasteiger partial charge in [0.15, 0.2) is 0 Å². The van der Waals surface area contributed by atoms with E-state index in [0.717, 1.165) is 35.4 Å². The number of hydrogen-bond donors (Lipinski definition) is 2. The largest absolute Gasteiger partial charge is 0.508 e. The number of aryl methyl sites for hydroxylation is 1. The van der Waals surface area contributed by atoms with Gasteiger partial charge in [0.05, 0.1) is 6.42 Å². The van der Waals surface area contributed by atoms with Crippen molar-refractivity contribution in [1.29, 1.82) is 0 Å². The molecule has 176 valence electrons. The summed E-state index contributed by atoms with van der Waals surface area (Å²) >= 11 is 0. The van der Waals surface area contributed by atoms with Gasteiger partial charge in [-0.1, -0.05) is 13.0 Å². The predicted octanol–water partition coefficient (Wildman–Crippen LogP) is 4.39. The Balaban J connectivity index is 1.51. The van der Waals surface area contributed by atoms with Crippen LogP contribution in [0.25, 0.3) is 10.9 Å². The molecular weight excluding hydrogens is 433 g/mol. The van der Waals surface area contributed by atoms with Crippen LogP contribution in [0.5, 0.6) is 5.75 Å². The molecule has 3 aromatic rings. The number of aromatic nitrogens is 2. The molecule has 1 aliphatic rings. The van der Waals surface area contributed by atoms with Crippen LogP contribution < -0.4 is 10.2 Å². The number of rotatable bonds is 5. The third kappa shape index (κ3) is 5.07. The first-order valence-corrected chi connectivity index (χ1v) is 11.0. The summed E-state index contributed by atoms with van der Waals surface area (Å²) in [7, 11) is 1.86. The highest BCUT2D eigenvalue weighted by Gasteiger charge is 2.34. The van der Waals surface area contributed by atoms with Gasteiger partial charge in [-0.3, -0.25) is 4.79 Å². The Morgan fingerprint density at radius 2 is 1.91 bits per heavy atom. The Labute approximate surface area is 190 Å². The fourth-order valence-electron chi connectivity index (χ4n) is 4.30. The van der Waals surface area contributed by atoms with Gasteiger partial charge in [0.1, 0.15) is 17.3 Å². The molecule has 6 nitrogen and oxygen atoms in total. The van der Waals surface area contributed by atoms with Gasteiger partial charge >= 0.3 is 6.18 Å². The third-order valence-corrected chi connectivity index (χ3v) is 6.21. The number of phenols is 1. The minimum absolute atomic E-state index is 0.0847. The summed E-state index contributed by atoms with van der Waals surface area (Å²) in [5, 5.41) is 13.4. The van der Waals surface area contributed by atoms with Crippen molar-refractivity contribution in [2.45, 2.75) is 38.9 Å². The molecule has 1 aliphatic heterocycles. The maximum absolute atomic E-state index is 13.3. The Hall–Kier alpha value is -3.23. The topological polar surface area (TPSA) is 70.4 Å². The number of anilines is 1. The van der Waals surface area contributed by atoms with E-state index in [2.05, 4.69) is 17.2 Å². The van der Waals surface area contributed by atoms with Crippen LogP contribution in [0, 0.1) is 5.92 Å². The lowest BCUT2D eigenvalue weighted by Gasteiger charge is -2.33. The van der Waals surface area contributed by atoms with Crippen molar-refractivity contribution in [3.8, 4) is 5.75 Å². The van der Waals surface area contributed by atoms with E-state index < -0.39 is 11.9 Å². The van der Waals surface area contributed by atoms with Crippen LogP contribution in [-0.4, -0.2) is 33.7 Å². The van der Waals surface area contributed by atoms with Crippen molar-refractivity contribution < 1.29 is 23.1 Å². The number of hydrogen-bond acceptors (Lipinski definition) is 4. The van der Waals surface area contributed by atoms with Crippen LogP contribution in [0.1, 0.15) is 36.6 Å². The van der Waals surface area contributed by atoms with Crippen molar-refractivity contribution in [2.75, 3.05) is 18.0 Å². The number of alkyl halides is 3. The highest BCUT2D eigenvalue weighted by Crippen LogP contribution is 2.32. The number of nitrogens with zero attached hydrogens (tertiary/aromatic N) is 3. The van der Waals surface area contributed by atoms with Crippen molar-refractivity contribution in [1.82, 2.24) is 14.9 Å². The van der Waals surface area contributed by atoms with E-state index in [0.29, 0.717) is 24.6 Å². The normalized spacial score (nSPS) is 15.2. The number of carbonyl (C=O) groups excluding carboxylic acids is 1. The number of pyridine rings is 1. The summed E-state index contributed by atoms with van der Waals surface area (Å²) < 4.78 is 41.7. The van der Waals surface area contributed by atoms with E-state index in [1.165, 1.54) is 6.07 Å². The molecule has 1 saturated heterocycles. The van der Waals surface area contributed by atoms with Crippen LogP contribution in [0.3, 0.4) is 0 Å². The first-order valence-electron chi connectivity index (χ1n) is 11.0. The molecule has 1 fully saturated rings. The second-order valence-corrected chi connectivity index (χ2v) is 8.77. The molecule has 0 unspecified atom stereocenters. The van der Waals surface area contributed by atoms with Crippen LogP contribution >= 0.6 is 0 Å². The van der Waals surface area contributed by atoms with Gasteiger partial charge in [0.25, 0.3) is 0 Å². The Kier molecular flexibility index (Phi) is 6.23. The second-order valence-electron chi connectivity index (χ2n) is 8.77. The summed E-state index contributed by atoms with van der Waals surface area (Å²) in [5.41, 5.74) is 1.28. The molecule has 0 radical (unpaired) electrons. The molecule has 0 spiro atoms. The molecule has 0 saturated carbocycles. The van der Waals surface area contributed by atoms with Crippen LogP contribution in [0.15, 0.2) is 36.5 Å².